The summed E-state index contributed by atoms with van der Waals surface area (Å²) in [5.74, 6) is -0.342. The van der Waals surface area contributed by atoms with Gasteiger partial charge in [-0.3, -0.25) is 15.7 Å². The van der Waals surface area contributed by atoms with Crippen LogP contribution in [0.4, 0.5) is 5.69 Å². The molecule has 0 fully saturated rings. The van der Waals surface area contributed by atoms with Crippen LogP contribution in [0.1, 0.15) is 11.1 Å². The molecule has 4 N–H and O–H groups in total. The normalized spacial score (nSPS) is 15.0. The van der Waals surface area contributed by atoms with E-state index in [1.165, 1.54) is 11.1 Å². The molecule has 6 nitrogen and oxygen atoms in total. The van der Waals surface area contributed by atoms with Gasteiger partial charge in [0, 0.05) is 13.1 Å². The molecule has 0 radical (unpaired) electrons. The van der Waals surface area contributed by atoms with Gasteiger partial charge in [-0.25, -0.2) is 0 Å². The molecule has 0 unspecified atom stereocenters. The molecular formula is C12H14N6. The minimum Gasteiger partial charge on any atom is -0.382 e. The number of nitriles is 1. The number of nitrogens with one attached hydrogen (secondary N) is 2. The summed E-state index contributed by atoms with van der Waals surface area (Å²) < 4.78 is 0. The average Bonchev–Trinajstić information content (AvgIpc) is 2.68. The zero-order valence-electron chi connectivity index (χ0n) is 10.1. The largest absolute Gasteiger partial charge is 0.382 e. The molecule has 1 aromatic rings. The third kappa shape index (κ3) is 2.47. The lowest BCUT2D eigenvalue weighted by atomic mass is 10.1. The Hall–Kier alpha value is -2.39. The summed E-state index contributed by atoms with van der Waals surface area (Å²) in [6.07, 6.45) is 0. The zero-order chi connectivity index (χ0) is 13.1. The summed E-state index contributed by atoms with van der Waals surface area (Å²) in [5, 5.41) is 19.7. The van der Waals surface area contributed by atoms with E-state index in [0.29, 0.717) is 0 Å². The maximum atomic E-state index is 8.72. The van der Waals surface area contributed by atoms with E-state index in [-0.39, 0.29) is 11.5 Å². The van der Waals surface area contributed by atoms with Crippen LogP contribution in [-0.4, -0.2) is 23.5 Å². The van der Waals surface area contributed by atoms with Crippen LogP contribution >= 0.6 is 0 Å². The lowest BCUT2D eigenvalue weighted by Gasteiger charge is -2.04. The Labute approximate surface area is 105 Å². The van der Waals surface area contributed by atoms with Gasteiger partial charge in [0.25, 0.3) is 0 Å². The number of anilines is 1. The number of hydrazone groups is 1. The molecule has 0 amide bonds. The van der Waals surface area contributed by atoms with Crippen LogP contribution in [0.5, 0.6) is 0 Å². The Morgan fingerprint density at radius 3 is 2.89 bits per heavy atom. The predicted molar refractivity (Wildman–Crippen MR) is 70.2 cm³/mol. The molecule has 1 aromatic carbocycles. The molecule has 1 aliphatic rings. The highest BCUT2D eigenvalue weighted by atomic mass is 15.3. The zero-order valence-corrected chi connectivity index (χ0v) is 10.1. The lowest BCUT2D eigenvalue weighted by Crippen LogP contribution is -2.21. The predicted octanol–water partition coefficient (Wildman–Crippen LogP) is 0.859. The molecule has 18 heavy (non-hydrogen) atoms. The molecule has 2 rings (SSSR count). The maximum Gasteiger partial charge on any atom is 0.201 e. The van der Waals surface area contributed by atoms with Gasteiger partial charge in [0.05, 0.1) is 5.69 Å². The topological polar surface area (TPSA) is 101 Å². The fourth-order valence-electron chi connectivity index (χ4n) is 1.90. The van der Waals surface area contributed by atoms with Crippen LogP contribution in [0.2, 0.25) is 0 Å². The number of rotatable bonds is 3. The summed E-state index contributed by atoms with van der Waals surface area (Å²) in [4.78, 5) is 2.22. The minimum atomic E-state index is -0.342. The van der Waals surface area contributed by atoms with Crippen molar-refractivity contribution in [1.29, 1.82) is 10.7 Å². The molecule has 1 heterocycles. The Morgan fingerprint density at radius 2 is 2.22 bits per heavy atom. The summed E-state index contributed by atoms with van der Waals surface area (Å²) in [7, 11) is 2.06. The first-order chi connectivity index (χ1) is 8.60. The molecular weight excluding hydrogens is 228 g/mol. The van der Waals surface area contributed by atoms with Gasteiger partial charge in [0.2, 0.25) is 5.71 Å². The van der Waals surface area contributed by atoms with Crippen molar-refractivity contribution in [2.75, 3.05) is 12.5 Å². The molecule has 0 spiro atoms. The molecule has 1 aliphatic heterocycles. The van der Waals surface area contributed by atoms with Crippen molar-refractivity contribution in [2.45, 2.75) is 13.1 Å². The first-order valence-electron chi connectivity index (χ1n) is 5.48. The summed E-state index contributed by atoms with van der Waals surface area (Å²) in [6.45, 7) is 1.86. The molecule has 0 bridgehead atoms. The van der Waals surface area contributed by atoms with Gasteiger partial charge in [0.15, 0.2) is 5.84 Å². The molecule has 0 aromatic heterocycles. The number of amidine groups is 1. The summed E-state index contributed by atoms with van der Waals surface area (Å²) in [5.41, 5.74) is 11.2. The van der Waals surface area contributed by atoms with E-state index in [0.717, 1.165) is 18.8 Å². The van der Waals surface area contributed by atoms with Crippen LogP contribution in [-0.2, 0) is 13.1 Å². The van der Waals surface area contributed by atoms with Crippen molar-refractivity contribution in [2.24, 2.45) is 10.8 Å². The first-order valence-corrected chi connectivity index (χ1v) is 5.48. The van der Waals surface area contributed by atoms with Crippen molar-refractivity contribution in [3.63, 3.8) is 0 Å². The molecule has 92 valence electrons. The highest BCUT2D eigenvalue weighted by molar-refractivity contribution is 6.45. The fourth-order valence-corrected chi connectivity index (χ4v) is 1.90. The van der Waals surface area contributed by atoms with Gasteiger partial charge < -0.3 is 5.73 Å². The second kappa shape index (κ2) is 4.85. The Balaban J connectivity index is 2.15. The SMILES string of the molecule is CN1Cc2ccc(N/N=C(\C#N)C(=N)N)cc2C1. The van der Waals surface area contributed by atoms with E-state index in [4.69, 9.17) is 16.4 Å². The Kier molecular flexibility index (Phi) is 3.26. The molecule has 6 heteroatoms. The third-order valence-corrected chi connectivity index (χ3v) is 2.74. The summed E-state index contributed by atoms with van der Waals surface area (Å²) in [6, 6.07) is 7.70. The number of nitrogens with zero attached hydrogens (tertiary/aromatic N) is 3. The van der Waals surface area contributed by atoms with Crippen LogP contribution in [0.15, 0.2) is 23.3 Å². The lowest BCUT2D eigenvalue weighted by molar-refractivity contribution is 0.353. The molecule has 0 saturated carbocycles. The van der Waals surface area contributed by atoms with E-state index in [2.05, 4.69) is 22.5 Å². The Morgan fingerprint density at radius 1 is 1.50 bits per heavy atom. The fraction of sp³-hybridized carbons (Fsp3) is 0.250. The van der Waals surface area contributed by atoms with Crippen molar-refractivity contribution in [3.05, 3.63) is 29.3 Å². The van der Waals surface area contributed by atoms with Crippen LogP contribution < -0.4 is 11.2 Å². The standard InChI is InChI=1S/C12H14N6/c1-18-6-8-2-3-10(4-9(8)7-18)16-17-11(5-13)12(14)15/h2-4,16H,6-7H2,1H3,(H3,14,15)/b17-11+. The van der Waals surface area contributed by atoms with E-state index in [1.807, 2.05) is 18.2 Å². The van der Waals surface area contributed by atoms with Gasteiger partial charge in [-0.15, -0.1) is 0 Å². The van der Waals surface area contributed by atoms with Crippen LogP contribution in [0, 0.1) is 16.7 Å². The maximum absolute atomic E-state index is 8.72. The number of hydrogen-bond acceptors (Lipinski definition) is 5. The van der Waals surface area contributed by atoms with Gasteiger partial charge in [-0.2, -0.15) is 10.4 Å². The molecule has 0 atom stereocenters. The van der Waals surface area contributed by atoms with Crippen molar-refractivity contribution in [3.8, 4) is 6.07 Å². The van der Waals surface area contributed by atoms with E-state index in [9.17, 15) is 0 Å². The number of fused-ring (bicyclic) bond motifs is 1. The number of nitrogens with two attached hydrogens (primary N) is 1. The van der Waals surface area contributed by atoms with E-state index in [1.54, 1.807) is 6.07 Å². The highest BCUT2D eigenvalue weighted by Crippen LogP contribution is 2.24. The Bertz CT molecular complexity index is 554. The van der Waals surface area contributed by atoms with Gasteiger partial charge in [-0.1, -0.05) is 6.07 Å². The monoisotopic (exact) mass is 242 g/mol. The molecule has 0 aliphatic carbocycles. The smallest absolute Gasteiger partial charge is 0.201 e. The van der Waals surface area contributed by atoms with Gasteiger partial charge >= 0.3 is 0 Å². The van der Waals surface area contributed by atoms with Crippen molar-refractivity contribution < 1.29 is 0 Å². The van der Waals surface area contributed by atoms with Crippen LogP contribution in [0.25, 0.3) is 0 Å². The first kappa shape index (κ1) is 12.1. The number of benzene rings is 1. The van der Waals surface area contributed by atoms with Gasteiger partial charge in [-0.05, 0) is 30.3 Å². The second-order valence-corrected chi connectivity index (χ2v) is 4.25. The third-order valence-electron chi connectivity index (χ3n) is 2.74. The van der Waals surface area contributed by atoms with Crippen molar-refractivity contribution in [1.82, 2.24) is 4.90 Å². The number of hydrogen-bond donors (Lipinski definition) is 3. The quantitative estimate of drug-likeness (QED) is 0.415. The van der Waals surface area contributed by atoms with Gasteiger partial charge in [0.1, 0.15) is 6.07 Å². The van der Waals surface area contributed by atoms with E-state index >= 15 is 0 Å². The highest BCUT2D eigenvalue weighted by Gasteiger charge is 2.15. The van der Waals surface area contributed by atoms with Crippen molar-refractivity contribution >= 4 is 17.2 Å². The molecule has 0 saturated heterocycles. The second-order valence-electron chi connectivity index (χ2n) is 4.25. The minimum absolute atomic E-state index is 0.118. The summed E-state index contributed by atoms with van der Waals surface area (Å²) >= 11 is 0. The van der Waals surface area contributed by atoms with Crippen LogP contribution in [0.3, 0.4) is 0 Å². The average molecular weight is 242 g/mol. The van der Waals surface area contributed by atoms with E-state index < -0.39 is 0 Å².